The molecule has 0 unspecified atom stereocenters. The maximum atomic E-state index is 5.26. The van der Waals surface area contributed by atoms with Crippen molar-refractivity contribution in [2.45, 2.75) is 44.8 Å². The van der Waals surface area contributed by atoms with Crippen molar-refractivity contribution in [1.29, 1.82) is 0 Å². The van der Waals surface area contributed by atoms with E-state index in [4.69, 9.17) is 4.74 Å². The summed E-state index contributed by atoms with van der Waals surface area (Å²) in [6.45, 7) is 2.13. The summed E-state index contributed by atoms with van der Waals surface area (Å²) in [5.41, 5.74) is 0. The number of halogens is 1. The fraction of sp³-hybridized carbons (Fsp3) is 0.667. The highest BCUT2D eigenvalue weighted by molar-refractivity contribution is 9.10. The third kappa shape index (κ3) is 3.39. The fourth-order valence-electron chi connectivity index (χ4n) is 1.96. The quantitative estimate of drug-likeness (QED) is 0.849. The molecule has 17 heavy (non-hydrogen) atoms. The van der Waals surface area contributed by atoms with Crippen molar-refractivity contribution < 1.29 is 4.74 Å². The molecule has 0 amide bonds. The molecule has 1 fully saturated rings. The standard InChI is InChI=1S/C12H18BrN3O/c1-3-4-11-15-10(13)7-12(16-11)14-8-5-9(6-8)17-2/h7-9H,3-6H2,1-2H3,(H,14,15,16). The first-order valence-electron chi connectivity index (χ1n) is 6.04. The van der Waals surface area contributed by atoms with E-state index in [-0.39, 0.29) is 0 Å². The number of aryl methyl sites for hydroxylation is 1. The second-order valence-electron chi connectivity index (χ2n) is 4.41. The minimum atomic E-state index is 0.410. The summed E-state index contributed by atoms with van der Waals surface area (Å²) in [6.07, 6.45) is 4.50. The molecular formula is C12H18BrN3O. The van der Waals surface area contributed by atoms with Crippen LogP contribution in [0.3, 0.4) is 0 Å². The van der Waals surface area contributed by atoms with Gasteiger partial charge in [0, 0.05) is 25.6 Å². The van der Waals surface area contributed by atoms with E-state index in [0.717, 1.165) is 41.9 Å². The van der Waals surface area contributed by atoms with Crippen molar-refractivity contribution >= 4 is 21.7 Å². The normalized spacial score (nSPS) is 23.2. The number of rotatable bonds is 5. The lowest BCUT2D eigenvalue weighted by molar-refractivity contribution is 0.0328. The lowest BCUT2D eigenvalue weighted by Gasteiger charge is -2.34. The molecule has 0 bridgehead atoms. The minimum absolute atomic E-state index is 0.410. The largest absolute Gasteiger partial charge is 0.381 e. The molecule has 1 N–H and O–H groups in total. The topological polar surface area (TPSA) is 47.0 Å². The van der Waals surface area contributed by atoms with Gasteiger partial charge in [0.05, 0.1) is 6.10 Å². The molecule has 4 nitrogen and oxygen atoms in total. The van der Waals surface area contributed by atoms with Crippen LogP contribution in [-0.2, 0) is 11.2 Å². The number of hydrogen-bond acceptors (Lipinski definition) is 4. The highest BCUT2D eigenvalue weighted by Crippen LogP contribution is 2.26. The van der Waals surface area contributed by atoms with Gasteiger partial charge in [-0.05, 0) is 35.2 Å². The Hall–Kier alpha value is -0.680. The Balaban J connectivity index is 1.96. The highest BCUT2D eigenvalue weighted by atomic mass is 79.9. The summed E-state index contributed by atoms with van der Waals surface area (Å²) in [7, 11) is 1.77. The third-order valence-corrected chi connectivity index (χ3v) is 3.40. The lowest BCUT2D eigenvalue weighted by atomic mass is 9.89. The fourth-order valence-corrected chi connectivity index (χ4v) is 2.38. The van der Waals surface area contributed by atoms with Gasteiger partial charge in [0.15, 0.2) is 0 Å². The van der Waals surface area contributed by atoms with Crippen LogP contribution in [0.25, 0.3) is 0 Å². The van der Waals surface area contributed by atoms with Crippen LogP contribution >= 0.6 is 15.9 Å². The zero-order valence-electron chi connectivity index (χ0n) is 10.2. The van der Waals surface area contributed by atoms with Crippen molar-refractivity contribution in [3.63, 3.8) is 0 Å². The van der Waals surface area contributed by atoms with Crippen LogP contribution in [0.5, 0.6) is 0 Å². The van der Waals surface area contributed by atoms with Gasteiger partial charge in [-0.3, -0.25) is 0 Å². The van der Waals surface area contributed by atoms with Gasteiger partial charge in [0.1, 0.15) is 16.2 Å². The summed E-state index contributed by atoms with van der Waals surface area (Å²) in [5.74, 6) is 1.81. The number of methoxy groups -OCH3 is 1. The van der Waals surface area contributed by atoms with Gasteiger partial charge in [0.2, 0.25) is 0 Å². The Labute approximate surface area is 110 Å². The molecular weight excluding hydrogens is 282 g/mol. The van der Waals surface area contributed by atoms with Gasteiger partial charge in [-0.2, -0.15) is 0 Å². The molecule has 0 saturated heterocycles. The van der Waals surface area contributed by atoms with E-state index in [2.05, 4.69) is 38.1 Å². The Morgan fingerprint density at radius 2 is 2.24 bits per heavy atom. The number of aromatic nitrogens is 2. The number of hydrogen-bond donors (Lipinski definition) is 1. The van der Waals surface area contributed by atoms with Crippen molar-refractivity contribution in [3.05, 3.63) is 16.5 Å². The van der Waals surface area contributed by atoms with Crippen molar-refractivity contribution in [2.24, 2.45) is 0 Å². The van der Waals surface area contributed by atoms with Crippen LogP contribution in [-0.4, -0.2) is 29.2 Å². The first kappa shape index (κ1) is 12.8. The third-order valence-electron chi connectivity index (χ3n) is 2.99. The van der Waals surface area contributed by atoms with E-state index >= 15 is 0 Å². The molecule has 0 atom stereocenters. The molecule has 5 heteroatoms. The Morgan fingerprint density at radius 1 is 1.47 bits per heavy atom. The monoisotopic (exact) mass is 299 g/mol. The van der Waals surface area contributed by atoms with Crippen LogP contribution in [0.1, 0.15) is 32.0 Å². The van der Waals surface area contributed by atoms with Gasteiger partial charge in [-0.15, -0.1) is 0 Å². The maximum Gasteiger partial charge on any atom is 0.132 e. The summed E-state index contributed by atoms with van der Waals surface area (Å²) in [6, 6.07) is 2.41. The molecule has 1 aliphatic carbocycles. The first-order chi connectivity index (χ1) is 8.21. The molecule has 1 heterocycles. The average molecular weight is 300 g/mol. The van der Waals surface area contributed by atoms with Crippen LogP contribution in [0, 0.1) is 0 Å². The maximum absolute atomic E-state index is 5.26. The van der Waals surface area contributed by atoms with Gasteiger partial charge >= 0.3 is 0 Å². The zero-order chi connectivity index (χ0) is 12.3. The molecule has 1 aromatic rings. The van der Waals surface area contributed by atoms with E-state index in [1.807, 2.05) is 6.07 Å². The summed E-state index contributed by atoms with van der Waals surface area (Å²) in [5, 5.41) is 3.42. The van der Waals surface area contributed by atoms with E-state index in [1.54, 1.807) is 7.11 Å². The second kappa shape index (κ2) is 5.78. The van der Waals surface area contributed by atoms with Crippen molar-refractivity contribution in [1.82, 2.24) is 9.97 Å². The Morgan fingerprint density at radius 3 is 2.88 bits per heavy atom. The van der Waals surface area contributed by atoms with Crippen LogP contribution in [0.4, 0.5) is 5.82 Å². The molecule has 0 spiro atoms. The van der Waals surface area contributed by atoms with Gasteiger partial charge < -0.3 is 10.1 Å². The second-order valence-corrected chi connectivity index (χ2v) is 5.22. The van der Waals surface area contributed by atoms with E-state index in [0.29, 0.717) is 12.1 Å². The number of ether oxygens (including phenoxy) is 1. The molecule has 0 radical (unpaired) electrons. The molecule has 0 aliphatic heterocycles. The molecule has 1 aromatic heterocycles. The summed E-state index contributed by atoms with van der Waals surface area (Å²) < 4.78 is 6.11. The predicted molar refractivity (Wildman–Crippen MR) is 71.2 cm³/mol. The Kier molecular flexibility index (Phi) is 4.34. The van der Waals surface area contributed by atoms with E-state index < -0.39 is 0 Å². The van der Waals surface area contributed by atoms with Gasteiger partial charge in [-0.1, -0.05) is 6.92 Å². The first-order valence-corrected chi connectivity index (χ1v) is 6.83. The smallest absolute Gasteiger partial charge is 0.132 e. The van der Waals surface area contributed by atoms with Gasteiger partial charge in [-0.25, -0.2) is 9.97 Å². The van der Waals surface area contributed by atoms with Crippen molar-refractivity contribution in [2.75, 3.05) is 12.4 Å². The molecule has 2 rings (SSSR count). The van der Waals surface area contributed by atoms with E-state index in [1.165, 1.54) is 0 Å². The molecule has 94 valence electrons. The minimum Gasteiger partial charge on any atom is -0.381 e. The van der Waals surface area contributed by atoms with Crippen molar-refractivity contribution in [3.8, 4) is 0 Å². The molecule has 1 saturated carbocycles. The molecule has 0 aromatic carbocycles. The number of anilines is 1. The van der Waals surface area contributed by atoms with Crippen LogP contribution in [0.15, 0.2) is 10.7 Å². The SMILES string of the molecule is CCCc1nc(Br)cc(NC2CC(OC)C2)n1. The number of nitrogens with zero attached hydrogens (tertiary/aromatic N) is 2. The summed E-state index contributed by atoms with van der Waals surface area (Å²) >= 11 is 3.42. The van der Waals surface area contributed by atoms with Gasteiger partial charge in [0.25, 0.3) is 0 Å². The van der Waals surface area contributed by atoms with Crippen LogP contribution < -0.4 is 5.32 Å². The Bertz CT molecular complexity index is 380. The summed E-state index contributed by atoms with van der Waals surface area (Å²) in [4.78, 5) is 8.85. The number of nitrogens with one attached hydrogen (secondary N) is 1. The van der Waals surface area contributed by atoms with E-state index in [9.17, 15) is 0 Å². The highest BCUT2D eigenvalue weighted by Gasteiger charge is 2.29. The zero-order valence-corrected chi connectivity index (χ0v) is 11.8. The molecule has 1 aliphatic rings. The average Bonchev–Trinajstić information content (AvgIpc) is 2.22. The predicted octanol–water partition coefficient (Wildman–Crippen LogP) is 2.78. The lowest BCUT2D eigenvalue weighted by Crippen LogP contribution is -2.40. The van der Waals surface area contributed by atoms with Crippen LogP contribution in [0.2, 0.25) is 0 Å².